The molecule has 0 saturated heterocycles. The Hall–Kier alpha value is -0.570. The van der Waals surface area contributed by atoms with Gasteiger partial charge in [0.15, 0.2) is 9.84 Å². The van der Waals surface area contributed by atoms with Crippen molar-refractivity contribution in [3.63, 3.8) is 0 Å². The lowest BCUT2D eigenvalue weighted by Crippen LogP contribution is -2.28. The van der Waals surface area contributed by atoms with Gasteiger partial charge in [-0.3, -0.25) is 0 Å². The molecule has 0 spiro atoms. The third kappa shape index (κ3) is 2.02. The van der Waals surface area contributed by atoms with Crippen LogP contribution < -0.4 is 0 Å². The highest BCUT2D eigenvalue weighted by molar-refractivity contribution is 7.96. The van der Waals surface area contributed by atoms with Crippen LogP contribution in [-0.2, 0) is 9.84 Å². The minimum absolute atomic E-state index is 0.447. The van der Waals surface area contributed by atoms with Crippen LogP contribution >= 0.6 is 0 Å². The monoisotopic (exact) mass is 199 g/mol. The van der Waals surface area contributed by atoms with Gasteiger partial charge in [0.2, 0.25) is 0 Å². The summed E-state index contributed by atoms with van der Waals surface area (Å²) in [4.78, 5) is 0.447. The Morgan fingerprint density at radius 1 is 1.31 bits per heavy atom. The lowest BCUT2D eigenvalue weighted by atomic mass is 10.2. The van der Waals surface area contributed by atoms with Gasteiger partial charge in [-0.25, -0.2) is 8.42 Å². The molecule has 1 radical (unpaired) electrons. The normalized spacial score (nSPS) is 18.5. The number of hydrogen-bond acceptors (Lipinski definition) is 2. The summed E-state index contributed by atoms with van der Waals surface area (Å²) >= 11 is 0. The summed E-state index contributed by atoms with van der Waals surface area (Å²) < 4.78 is 23.0. The fourth-order valence-electron chi connectivity index (χ4n) is 1.05. The van der Waals surface area contributed by atoms with Crippen LogP contribution in [0.15, 0.2) is 23.1 Å². The maximum atomic E-state index is 11.9. The van der Waals surface area contributed by atoms with Gasteiger partial charge in [-0.1, -0.05) is 12.2 Å². The smallest absolute Gasteiger partial charge is 0.182 e. The highest BCUT2D eigenvalue weighted by atomic mass is 32.2. The molecule has 13 heavy (non-hydrogen) atoms. The summed E-state index contributed by atoms with van der Waals surface area (Å²) in [7, 11) is -3.15. The Bertz CT molecular complexity index is 340. The van der Waals surface area contributed by atoms with Gasteiger partial charge in [0.05, 0.1) is 9.65 Å². The molecule has 2 nitrogen and oxygen atoms in total. The number of sulfone groups is 1. The molecule has 0 N–H and O–H groups in total. The van der Waals surface area contributed by atoms with Gasteiger partial charge in [-0.2, -0.15) is 0 Å². The van der Waals surface area contributed by atoms with E-state index >= 15 is 0 Å². The van der Waals surface area contributed by atoms with E-state index in [9.17, 15) is 8.42 Å². The van der Waals surface area contributed by atoms with Gasteiger partial charge in [0.25, 0.3) is 0 Å². The largest absolute Gasteiger partial charge is 0.223 e. The van der Waals surface area contributed by atoms with E-state index in [1.807, 2.05) is 6.42 Å². The Labute approximate surface area is 80.3 Å². The quantitative estimate of drug-likeness (QED) is 0.649. The second-order valence-electron chi connectivity index (χ2n) is 4.05. The van der Waals surface area contributed by atoms with E-state index in [4.69, 9.17) is 0 Å². The highest BCUT2D eigenvalue weighted by Gasteiger charge is 2.31. The van der Waals surface area contributed by atoms with Crippen LogP contribution in [-0.4, -0.2) is 13.2 Å². The van der Waals surface area contributed by atoms with Crippen LogP contribution in [0.5, 0.6) is 0 Å². The first-order valence-corrected chi connectivity index (χ1v) is 5.79. The van der Waals surface area contributed by atoms with Crippen LogP contribution in [0.25, 0.3) is 0 Å². The van der Waals surface area contributed by atoms with Crippen molar-refractivity contribution in [2.24, 2.45) is 0 Å². The molecule has 3 heteroatoms. The highest BCUT2D eigenvalue weighted by Crippen LogP contribution is 2.26. The first-order valence-electron chi connectivity index (χ1n) is 4.30. The molecular formula is C10H15O2S. The molecule has 0 saturated carbocycles. The fourth-order valence-corrected chi connectivity index (χ4v) is 2.33. The predicted octanol–water partition coefficient (Wildman–Crippen LogP) is 2.25. The zero-order valence-corrected chi connectivity index (χ0v) is 9.06. The molecule has 0 atom stereocenters. The molecule has 73 valence electrons. The minimum atomic E-state index is -3.15. The van der Waals surface area contributed by atoms with Crippen LogP contribution in [0.4, 0.5) is 0 Å². The Balaban J connectivity index is 3.08. The minimum Gasteiger partial charge on any atom is -0.223 e. The van der Waals surface area contributed by atoms with Crippen molar-refractivity contribution in [3.05, 3.63) is 29.6 Å². The molecule has 0 aromatic carbocycles. The van der Waals surface area contributed by atoms with Crippen molar-refractivity contribution in [1.29, 1.82) is 0 Å². The summed E-state index contributed by atoms with van der Waals surface area (Å²) in [5, 5.41) is 0. The molecule has 1 aliphatic rings. The lowest BCUT2D eigenvalue weighted by Gasteiger charge is -2.20. The molecule has 0 aromatic heterocycles. The van der Waals surface area contributed by atoms with E-state index in [-0.39, 0.29) is 0 Å². The number of rotatable bonds is 1. The molecule has 0 amide bonds. The van der Waals surface area contributed by atoms with Gasteiger partial charge in [-0.15, -0.1) is 0 Å². The number of hydrogen-bond donors (Lipinski definition) is 0. The van der Waals surface area contributed by atoms with Crippen LogP contribution in [0.1, 0.15) is 27.2 Å². The first kappa shape index (κ1) is 10.5. The van der Waals surface area contributed by atoms with Crippen molar-refractivity contribution < 1.29 is 8.42 Å². The number of allylic oxidation sites excluding steroid dienone is 3. The predicted molar refractivity (Wildman–Crippen MR) is 54.8 cm³/mol. The van der Waals surface area contributed by atoms with Crippen molar-refractivity contribution in [1.82, 2.24) is 0 Å². The zero-order valence-electron chi connectivity index (χ0n) is 8.24. The molecule has 0 heterocycles. The Morgan fingerprint density at radius 2 is 1.92 bits per heavy atom. The van der Waals surface area contributed by atoms with Crippen molar-refractivity contribution in [2.75, 3.05) is 0 Å². The summed E-state index contributed by atoms with van der Waals surface area (Å²) in [5.74, 6) is 0. The fraction of sp³-hybridized carbons (Fsp3) is 0.500. The molecule has 0 aliphatic heterocycles. The average Bonchev–Trinajstić information content (AvgIpc) is 2.04. The van der Waals surface area contributed by atoms with E-state index in [1.54, 1.807) is 39.0 Å². The SMILES string of the molecule is CC(C)(C)S(=O)(=O)C1=CC[CH]C=C1. The summed E-state index contributed by atoms with van der Waals surface area (Å²) in [6.07, 6.45) is 7.84. The zero-order chi connectivity index (χ0) is 10.1. The molecule has 1 aliphatic carbocycles. The molecule has 0 bridgehead atoms. The van der Waals surface area contributed by atoms with E-state index in [2.05, 4.69) is 0 Å². The summed E-state index contributed by atoms with van der Waals surface area (Å²) in [5.41, 5.74) is 0. The Morgan fingerprint density at radius 3 is 2.31 bits per heavy atom. The van der Waals surface area contributed by atoms with Gasteiger partial charge in [0, 0.05) is 0 Å². The van der Waals surface area contributed by atoms with Crippen LogP contribution in [0.3, 0.4) is 0 Å². The van der Waals surface area contributed by atoms with Gasteiger partial charge in [-0.05, 0) is 39.7 Å². The van der Waals surface area contributed by atoms with Crippen molar-refractivity contribution >= 4 is 9.84 Å². The third-order valence-corrected chi connectivity index (χ3v) is 4.50. The topological polar surface area (TPSA) is 34.1 Å². The van der Waals surface area contributed by atoms with Crippen molar-refractivity contribution in [3.8, 4) is 0 Å². The van der Waals surface area contributed by atoms with Gasteiger partial charge >= 0.3 is 0 Å². The molecule has 0 unspecified atom stereocenters. The second-order valence-corrected chi connectivity index (χ2v) is 6.76. The van der Waals surface area contributed by atoms with Crippen molar-refractivity contribution in [2.45, 2.75) is 31.9 Å². The van der Waals surface area contributed by atoms with Gasteiger partial charge in [0.1, 0.15) is 0 Å². The van der Waals surface area contributed by atoms with E-state index in [1.165, 1.54) is 0 Å². The summed E-state index contributed by atoms with van der Waals surface area (Å²) in [6, 6.07) is 0. The van der Waals surface area contributed by atoms with Gasteiger partial charge < -0.3 is 0 Å². The van der Waals surface area contributed by atoms with E-state index < -0.39 is 14.6 Å². The standard InChI is InChI=1S/C10H15O2S/c1-10(2,3)13(11,12)9-7-5-4-6-8-9/h4-5,7-8H,6H2,1-3H3. The van der Waals surface area contributed by atoms with E-state index in [0.29, 0.717) is 11.3 Å². The van der Waals surface area contributed by atoms with E-state index in [0.717, 1.165) is 0 Å². The van der Waals surface area contributed by atoms with Crippen LogP contribution in [0.2, 0.25) is 0 Å². The molecule has 0 aromatic rings. The molecular weight excluding hydrogens is 184 g/mol. The average molecular weight is 199 g/mol. The van der Waals surface area contributed by atoms with Crippen LogP contribution in [0, 0.1) is 6.42 Å². The maximum absolute atomic E-state index is 11.9. The molecule has 1 rings (SSSR count). The third-order valence-electron chi connectivity index (χ3n) is 1.97. The molecule has 0 fully saturated rings. The summed E-state index contributed by atoms with van der Waals surface area (Å²) in [6.45, 7) is 5.15. The second kappa shape index (κ2) is 3.29. The lowest BCUT2D eigenvalue weighted by molar-refractivity contribution is 0.568. The first-order chi connectivity index (χ1) is 5.86. The Kier molecular flexibility index (Phi) is 2.66. The maximum Gasteiger partial charge on any atom is 0.182 e.